The summed E-state index contributed by atoms with van der Waals surface area (Å²) >= 11 is 0. The van der Waals surface area contributed by atoms with Gasteiger partial charge >= 0.3 is 0 Å². The molecule has 1 amide bonds. The second-order valence-corrected chi connectivity index (χ2v) is 9.43. The zero-order valence-electron chi connectivity index (χ0n) is 16.0. The van der Waals surface area contributed by atoms with Crippen LogP contribution in [0, 0.1) is 5.82 Å². The third kappa shape index (κ3) is 4.49. The van der Waals surface area contributed by atoms with Crippen molar-refractivity contribution in [2.45, 2.75) is 29.8 Å². The lowest BCUT2D eigenvalue weighted by Gasteiger charge is -2.38. The van der Waals surface area contributed by atoms with E-state index in [9.17, 15) is 17.6 Å². The van der Waals surface area contributed by atoms with Crippen molar-refractivity contribution in [2.75, 3.05) is 26.2 Å². The van der Waals surface area contributed by atoms with Crippen LogP contribution in [0.2, 0.25) is 0 Å². The van der Waals surface area contributed by atoms with Gasteiger partial charge in [0.05, 0.1) is 4.90 Å². The molecule has 6 nitrogen and oxygen atoms in total. The summed E-state index contributed by atoms with van der Waals surface area (Å²) in [5.74, 6) is -0.465. The van der Waals surface area contributed by atoms with Crippen molar-refractivity contribution < 1.29 is 17.6 Å². The molecule has 1 aliphatic heterocycles. The Bertz CT molecular complexity index is 954. The van der Waals surface area contributed by atoms with Crippen LogP contribution >= 0.6 is 0 Å². The topological polar surface area (TPSA) is 69.7 Å². The fraction of sp³-hybridized carbons (Fsp3) is 0.381. The normalized spacial score (nSPS) is 19.6. The van der Waals surface area contributed by atoms with Gasteiger partial charge in [-0.2, -0.15) is 4.31 Å². The third-order valence-corrected chi connectivity index (χ3v) is 7.29. The van der Waals surface area contributed by atoms with Gasteiger partial charge in [-0.25, -0.2) is 12.8 Å². The molecule has 154 valence electrons. The van der Waals surface area contributed by atoms with Gasteiger partial charge in [-0.1, -0.05) is 30.3 Å². The van der Waals surface area contributed by atoms with Crippen LogP contribution in [0.5, 0.6) is 0 Å². The smallest absolute Gasteiger partial charge is 0.243 e. The minimum Gasteiger partial charge on any atom is -0.352 e. The van der Waals surface area contributed by atoms with Crippen LogP contribution in [0.4, 0.5) is 4.39 Å². The van der Waals surface area contributed by atoms with Gasteiger partial charge in [0, 0.05) is 32.2 Å². The summed E-state index contributed by atoms with van der Waals surface area (Å²) in [7, 11) is -3.55. The van der Waals surface area contributed by atoms with E-state index in [4.69, 9.17) is 0 Å². The Morgan fingerprint density at radius 3 is 2.17 bits per heavy atom. The molecule has 1 unspecified atom stereocenters. The van der Waals surface area contributed by atoms with E-state index in [0.29, 0.717) is 31.7 Å². The maximum Gasteiger partial charge on any atom is 0.243 e. The lowest BCUT2D eigenvalue weighted by atomic mass is 10.0. The number of hydrogen-bond acceptors (Lipinski definition) is 4. The summed E-state index contributed by atoms with van der Waals surface area (Å²) in [6.07, 6.45) is 1.95. The van der Waals surface area contributed by atoms with Crippen LogP contribution in [-0.2, 0) is 14.8 Å². The number of carbonyl (C=O) groups is 1. The van der Waals surface area contributed by atoms with Crippen molar-refractivity contribution in [1.82, 2.24) is 14.5 Å². The van der Waals surface area contributed by atoms with Gasteiger partial charge in [0.2, 0.25) is 15.9 Å². The van der Waals surface area contributed by atoms with Crippen LogP contribution in [0.15, 0.2) is 59.5 Å². The molecule has 2 aliphatic rings. The van der Waals surface area contributed by atoms with Gasteiger partial charge < -0.3 is 5.32 Å². The number of halogens is 1. The Labute approximate surface area is 170 Å². The van der Waals surface area contributed by atoms with Crippen molar-refractivity contribution in [2.24, 2.45) is 0 Å². The maximum atomic E-state index is 13.4. The first-order valence-electron chi connectivity index (χ1n) is 9.80. The summed E-state index contributed by atoms with van der Waals surface area (Å²) in [6.45, 7) is 1.44. The maximum absolute atomic E-state index is 13.4. The SMILES string of the molecule is O=C(NC1CC1)C(c1ccc(F)cc1)N1CCN(S(=O)(=O)c2ccccc2)CC1. The van der Waals surface area contributed by atoms with Crippen molar-refractivity contribution >= 4 is 15.9 Å². The van der Waals surface area contributed by atoms with E-state index in [1.54, 1.807) is 42.5 Å². The monoisotopic (exact) mass is 417 g/mol. The third-order valence-electron chi connectivity index (χ3n) is 5.38. The first-order valence-corrected chi connectivity index (χ1v) is 11.2. The number of nitrogens with one attached hydrogen (secondary N) is 1. The Hall–Kier alpha value is -2.29. The van der Waals surface area contributed by atoms with Gasteiger partial charge in [-0.05, 0) is 42.7 Å². The van der Waals surface area contributed by atoms with E-state index in [1.165, 1.54) is 16.4 Å². The standard InChI is InChI=1S/C21H24FN3O3S/c22-17-8-6-16(7-9-17)20(21(26)23-18-10-11-18)24-12-14-25(15-13-24)29(27,28)19-4-2-1-3-5-19/h1-9,18,20H,10-15H2,(H,23,26). The Morgan fingerprint density at radius 2 is 1.59 bits per heavy atom. The fourth-order valence-electron chi connectivity index (χ4n) is 3.62. The zero-order chi connectivity index (χ0) is 20.4. The van der Waals surface area contributed by atoms with Crippen molar-refractivity contribution in [3.8, 4) is 0 Å². The predicted molar refractivity (Wildman–Crippen MR) is 107 cm³/mol. The first kappa shape index (κ1) is 20.0. The summed E-state index contributed by atoms with van der Waals surface area (Å²) in [5.41, 5.74) is 0.712. The summed E-state index contributed by atoms with van der Waals surface area (Å²) in [4.78, 5) is 15.1. The van der Waals surface area contributed by atoms with E-state index < -0.39 is 16.1 Å². The largest absolute Gasteiger partial charge is 0.352 e. The van der Waals surface area contributed by atoms with Crippen LogP contribution in [0.3, 0.4) is 0 Å². The van der Waals surface area contributed by atoms with E-state index in [1.807, 2.05) is 4.90 Å². The molecule has 0 radical (unpaired) electrons. The molecule has 1 saturated carbocycles. The van der Waals surface area contributed by atoms with Crippen LogP contribution in [0.1, 0.15) is 24.4 Å². The number of nitrogens with zero attached hydrogens (tertiary/aromatic N) is 2. The molecule has 4 rings (SSSR count). The van der Waals surface area contributed by atoms with Crippen LogP contribution in [-0.4, -0.2) is 55.8 Å². The minimum atomic E-state index is -3.55. The predicted octanol–water partition coefficient (Wildman–Crippen LogP) is 2.15. The van der Waals surface area contributed by atoms with E-state index in [0.717, 1.165) is 12.8 Å². The molecular formula is C21H24FN3O3S. The number of rotatable bonds is 6. The fourth-order valence-corrected chi connectivity index (χ4v) is 5.07. The highest BCUT2D eigenvalue weighted by Crippen LogP contribution is 2.27. The zero-order valence-corrected chi connectivity index (χ0v) is 16.8. The van der Waals surface area contributed by atoms with Gasteiger partial charge in [0.1, 0.15) is 11.9 Å². The molecule has 2 aromatic rings. The molecular weight excluding hydrogens is 393 g/mol. The molecule has 1 N–H and O–H groups in total. The number of amides is 1. The van der Waals surface area contributed by atoms with Crippen molar-refractivity contribution in [3.63, 3.8) is 0 Å². The second kappa shape index (κ2) is 8.22. The van der Waals surface area contributed by atoms with Crippen LogP contribution in [0.25, 0.3) is 0 Å². The molecule has 8 heteroatoms. The van der Waals surface area contributed by atoms with Gasteiger partial charge in [0.25, 0.3) is 0 Å². The Kier molecular flexibility index (Phi) is 5.67. The molecule has 1 aliphatic carbocycles. The van der Waals surface area contributed by atoms with E-state index >= 15 is 0 Å². The molecule has 2 aromatic carbocycles. The second-order valence-electron chi connectivity index (χ2n) is 7.49. The minimum absolute atomic E-state index is 0.113. The summed E-state index contributed by atoms with van der Waals surface area (Å²) < 4.78 is 40.5. The molecule has 0 bridgehead atoms. The molecule has 1 heterocycles. The quantitative estimate of drug-likeness (QED) is 0.782. The number of hydrogen-bond donors (Lipinski definition) is 1. The first-order chi connectivity index (χ1) is 13.9. The summed E-state index contributed by atoms with van der Waals surface area (Å²) in [5, 5.41) is 3.03. The highest BCUT2D eigenvalue weighted by Gasteiger charge is 2.36. The molecule has 29 heavy (non-hydrogen) atoms. The van der Waals surface area contributed by atoms with Crippen LogP contribution < -0.4 is 5.32 Å². The van der Waals surface area contributed by atoms with E-state index in [-0.39, 0.29) is 22.7 Å². The van der Waals surface area contributed by atoms with Gasteiger partial charge in [-0.3, -0.25) is 9.69 Å². The number of carbonyl (C=O) groups excluding carboxylic acids is 1. The lowest BCUT2D eigenvalue weighted by molar-refractivity contribution is -0.127. The molecule has 0 aromatic heterocycles. The Morgan fingerprint density at radius 1 is 0.966 bits per heavy atom. The lowest BCUT2D eigenvalue weighted by Crippen LogP contribution is -2.52. The van der Waals surface area contributed by atoms with E-state index in [2.05, 4.69) is 5.32 Å². The van der Waals surface area contributed by atoms with Crippen molar-refractivity contribution in [1.29, 1.82) is 0 Å². The molecule has 2 fully saturated rings. The Balaban J connectivity index is 1.50. The average molecular weight is 418 g/mol. The van der Waals surface area contributed by atoms with Crippen molar-refractivity contribution in [3.05, 3.63) is 66.0 Å². The molecule has 1 saturated heterocycles. The average Bonchev–Trinajstić information content (AvgIpc) is 3.55. The van der Waals surface area contributed by atoms with Gasteiger partial charge in [-0.15, -0.1) is 0 Å². The number of piperazine rings is 1. The number of benzene rings is 2. The highest BCUT2D eigenvalue weighted by molar-refractivity contribution is 7.89. The summed E-state index contributed by atoms with van der Waals surface area (Å²) in [6, 6.07) is 14.0. The molecule has 0 spiro atoms. The highest BCUT2D eigenvalue weighted by atomic mass is 32.2. The number of sulfonamides is 1. The molecule has 1 atom stereocenters. The van der Waals surface area contributed by atoms with Gasteiger partial charge in [0.15, 0.2) is 0 Å².